The van der Waals surface area contributed by atoms with Crippen LogP contribution >= 0.6 is 0 Å². The van der Waals surface area contributed by atoms with Gasteiger partial charge in [-0.05, 0) is 48.4 Å². The quantitative estimate of drug-likeness (QED) is 0.743. The lowest BCUT2D eigenvalue weighted by molar-refractivity contribution is 0.112. The SMILES string of the molecule is COc1ccc(-c2c(C)c3c(O)c(OC)cc(C=O)c3n2C)cc1. The number of fused-ring (bicyclic) bond motifs is 1. The molecule has 0 unspecified atom stereocenters. The van der Waals surface area contributed by atoms with Crippen molar-refractivity contribution < 1.29 is 19.4 Å². The maximum atomic E-state index is 11.5. The standard InChI is InChI=1S/C19H19NO4/c1-11-16-18(13(10-21)9-15(24-4)19(16)22)20(2)17(11)12-5-7-14(23-3)8-6-12/h5-10,22H,1-4H3. The fraction of sp³-hybridized carbons (Fsp3) is 0.211. The molecule has 3 aromatic rings. The number of ether oxygens (including phenoxy) is 2. The van der Waals surface area contributed by atoms with Crippen molar-refractivity contribution in [2.75, 3.05) is 14.2 Å². The van der Waals surface area contributed by atoms with E-state index < -0.39 is 0 Å². The van der Waals surface area contributed by atoms with Crippen LogP contribution in [0.1, 0.15) is 15.9 Å². The van der Waals surface area contributed by atoms with Crippen LogP contribution in [0.25, 0.3) is 22.2 Å². The van der Waals surface area contributed by atoms with Gasteiger partial charge in [-0.25, -0.2) is 0 Å². The Bertz CT molecular complexity index is 923. The maximum absolute atomic E-state index is 11.5. The molecule has 0 saturated heterocycles. The van der Waals surface area contributed by atoms with Gasteiger partial charge in [0.1, 0.15) is 5.75 Å². The average Bonchev–Trinajstić information content (AvgIpc) is 2.87. The largest absolute Gasteiger partial charge is 0.504 e. The normalized spacial score (nSPS) is 10.8. The third kappa shape index (κ3) is 2.21. The van der Waals surface area contributed by atoms with Crippen molar-refractivity contribution in [3.63, 3.8) is 0 Å². The van der Waals surface area contributed by atoms with Crippen molar-refractivity contribution in [2.24, 2.45) is 7.05 Å². The van der Waals surface area contributed by atoms with Gasteiger partial charge in [0.2, 0.25) is 0 Å². The number of phenolic OH excluding ortho intramolecular Hbond substituents is 1. The van der Waals surface area contributed by atoms with Gasteiger partial charge < -0.3 is 19.1 Å². The van der Waals surface area contributed by atoms with E-state index in [1.54, 1.807) is 13.2 Å². The molecule has 0 aliphatic rings. The highest BCUT2D eigenvalue weighted by atomic mass is 16.5. The molecule has 2 aromatic carbocycles. The minimum absolute atomic E-state index is 0.0472. The molecule has 0 atom stereocenters. The Morgan fingerprint density at radius 1 is 1.12 bits per heavy atom. The van der Waals surface area contributed by atoms with Crippen LogP contribution in [0.15, 0.2) is 30.3 Å². The second-order valence-corrected chi connectivity index (χ2v) is 5.62. The number of rotatable bonds is 4. The Morgan fingerprint density at radius 3 is 2.33 bits per heavy atom. The van der Waals surface area contributed by atoms with E-state index in [1.807, 2.05) is 42.8 Å². The summed E-state index contributed by atoms with van der Waals surface area (Å²) in [6.07, 6.45) is 0.779. The molecule has 0 amide bonds. The minimum Gasteiger partial charge on any atom is -0.504 e. The number of carbonyl (C=O) groups is 1. The highest BCUT2D eigenvalue weighted by molar-refractivity contribution is 6.05. The summed E-state index contributed by atoms with van der Waals surface area (Å²) >= 11 is 0. The average molecular weight is 325 g/mol. The van der Waals surface area contributed by atoms with Crippen LogP contribution in [-0.4, -0.2) is 30.2 Å². The van der Waals surface area contributed by atoms with Crippen molar-refractivity contribution in [2.45, 2.75) is 6.92 Å². The number of benzene rings is 2. The van der Waals surface area contributed by atoms with Gasteiger partial charge in [0.05, 0.1) is 25.4 Å². The van der Waals surface area contributed by atoms with Gasteiger partial charge in [-0.15, -0.1) is 0 Å². The predicted octanol–water partition coefficient (Wildman–Crippen LogP) is 3.69. The number of phenols is 1. The first-order valence-corrected chi connectivity index (χ1v) is 7.52. The molecule has 0 bridgehead atoms. The predicted molar refractivity (Wildman–Crippen MR) is 93.2 cm³/mol. The summed E-state index contributed by atoms with van der Waals surface area (Å²) in [7, 11) is 4.98. The fourth-order valence-corrected chi connectivity index (χ4v) is 3.26. The van der Waals surface area contributed by atoms with Crippen LogP contribution in [-0.2, 0) is 7.05 Å². The fourth-order valence-electron chi connectivity index (χ4n) is 3.26. The first-order valence-electron chi connectivity index (χ1n) is 7.52. The van der Waals surface area contributed by atoms with Crippen molar-refractivity contribution in [3.8, 4) is 28.5 Å². The molecule has 124 valence electrons. The number of aldehydes is 1. The lowest BCUT2D eigenvalue weighted by Crippen LogP contribution is -1.96. The molecule has 0 spiro atoms. The molecule has 1 heterocycles. The first-order chi connectivity index (χ1) is 11.5. The summed E-state index contributed by atoms with van der Waals surface area (Å²) in [5.41, 5.74) is 3.95. The van der Waals surface area contributed by atoms with Crippen LogP contribution in [0.4, 0.5) is 0 Å². The Hall–Kier alpha value is -2.95. The van der Waals surface area contributed by atoms with Crippen LogP contribution < -0.4 is 9.47 Å². The molecule has 5 heteroatoms. The summed E-state index contributed by atoms with van der Waals surface area (Å²) in [6.45, 7) is 1.93. The second kappa shape index (κ2) is 5.92. The molecular formula is C19H19NO4. The van der Waals surface area contributed by atoms with Crippen molar-refractivity contribution in [1.29, 1.82) is 0 Å². The Kier molecular flexibility index (Phi) is 3.93. The number of hydrogen-bond acceptors (Lipinski definition) is 4. The molecule has 1 N–H and O–H groups in total. The second-order valence-electron chi connectivity index (χ2n) is 5.62. The van der Waals surface area contributed by atoms with Crippen LogP contribution in [0.2, 0.25) is 0 Å². The smallest absolute Gasteiger partial charge is 0.167 e. The van der Waals surface area contributed by atoms with Gasteiger partial charge in [-0.1, -0.05) is 0 Å². The molecule has 0 aliphatic heterocycles. The van der Waals surface area contributed by atoms with Gasteiger partial charge in [-0.2, -0.15) is 0 Å². The lowest BCUT2D eigenvalue weighted by Gasteiger charge is -2.09. The molecule has 0 fully saturated rings. The third-order valence-corrected chi connectivity index (χ3v) is 4.38. The van der Waals surface area contributed by atoms with E-state index in [4.69, 9.17) is 9.47 Å². The Labute approximate surface area is 140 Å². The van der Waals surface area contributed by atoms with E-state index in [9.17, 15) is 9.90 Å². The number of aromatic nitrogens is 1. The molecule has 5 nitrogen and oxygen atoms in total. The molecule has 0 radical (unpaired) electrons. The number of methoxy groups -OCH3 is 2. The first kappa shape index (κ1) is 15.9. The summed E-state index contributed by atoms with van der Waals surface area (Å²) in [5.74, 6) is 1.11. The molecule has 1 aromatic heterocycles. The monoisotopic (exact) mass is 325 g/mol. The summed E-state index contributed by atoms with van der Waals surface area (Å²) in [4.78, 5) is 11.5. The summed E-state index contributed by atoms with van der Waals surface area (Å²) in [6, 6.07) is 9.23. The summed E-state index contributed by atoms with van der Waals surface area (Å²) in [5, 5.41) is 11.2. The van der Waals surface area contributed by atoms with Crippen LogP contribution in [0.5, 0.6) is 17.2 Å². The Balaban J connectivity index is 2.37. The van der Waals surface area contributed by atoms with E-state index in [2.05, 4.69) is 0 Å². The zero-order chi connectivity index (χ0) is 17.4. The van der Waals surface area contributed by atoms with E-state index in [0.29, 0.717) is 22.2 Å². The lowest BCUT2D eigenvalue weighted by atomic mass is 10.0. The molecule has 3 rings (SSSR count). The zero-order valence-corrected chi connectivity index (χ0v) is 14.1. The van der Waals surface area contributed by atoms with Crippen molar-refractivity contribution in [1.82, 2.24) is 4.57 Å². The number of carbonyl (C=O) groups excluding carboxylic acids is 1. The van der Waals surface area contributed by atoms with E-state index in [-0.39, 0.29) is 5.75 Å². The van der Waals surface area contributed by atoms with E-state index in [0.717, 1.165) is 28.9 Å². The highest BCUT2D eigenvalue weighted by Gasteiger charge is 2.22. The number of aromatic hydroxyl groups is 1. The molecule has 0 saturated carbocycles. The number of hydrogen-bond donors (Lipinski definition) is 1. The van der Waals surface area contributed by atoms with E-state index in [1.165, 1.54) is 7.11 Å². The molecular weight excluding hydrogens is 306 g/mol. The van der Waals surface area contributed by atoms with Crippen LogP contribution in [0.3, 0.4) is 0 Å². The number of nitrogens with zero attached hydrogens (tertiary/aromatic N) is 1. The molecule has 24 heavy (non-hydrogen) atoms. The van der Waals surface area contributed by atoms with Gasteiger partial charge in [0, 0.05) is 18.0 Å². The minimum atomic E-state index is 0.0472. The van der Waals surface area contributed by atoms with Gasteiger partial charge in [0.15, 0.2) is 17.8 Å². The van der Waals surface area contributed by atoms with Gasteiger partial charge >= 0.3 is 0 Å². The van der Waals surface area contributed by atoms with Crippen LogP contribution in [0, 0.1) is 6.92 Å². The third-order valence-electron chi connectivity index (χ3n) is 4.38. The summed E-state index contributed by atoms with van der Waals surface area (Å²) < 4.78 is 12.3. The van der Waals surface area contributed by atoms with Crippen molar-refractivity contribution in [3.05, 3.63) is 41.5 Å². The molecule has 0 aliphatic carbocycles. The maximum Gasteiger partial charge on any atom is 0.167 e. The topological polar surface area (TPSA) is 60.7 Å². The van der Waals surface area contributed by atoms with Gasteiger partial charge in [-0.3, -0.25) is 4.79 Å². The van der Waals surface area contributed by atoms with E-state index >= 15 is 0 Å². The Morgan fingerprint density at radius 2 is 1.79 bits per heavy atom. The number of aryl methyl sites for hydroxylation is 2. The highest BCUT2D eigenvalue weighted by Crippen LogP contribution is 2.43. The van der Waals surface area contributed by atoms with Crippen molar-refractivity contribution >= 4 is 17.2 Å². The zero-order valence-electron chi connectivity index (χ0n) is 14.1. The van der Waals surface area contributed by atoms with Gasteiger partial charge in [0.25, 0.3) is 0 Å².